The third kappa shape index (κ3) is 6.47. The lowest BCUT2D eigenvalue weighted by Gasteiger charge is -2.35. The van der Waals surface area contributed by atoms with Crippen molar-refractivity contribution in [2.45, 2.75) is 12.6 Å². The van der Waals surface area contributed by atoms with Crippen molar-refractivity contribution in [1.29, 1.82) is 0 Å². The molecule has 10 heteroatoms. The van der Waals surface area contributed by atoms with Crippen molar-refractivity contribution < 1.29 is 26.3 Å². The minimum Gasteiger partial charge on any atom is -0.372 e. The van der Waals surface area contributed by atoms with Crippen LogP contribution in [0.15, 0.2) is 0 Å². The van der Waals surface area contributed by atoms with Gasteiger partial charge >= 0.3 is 6.18 Å². The summed E-state index contributed by atoms with van der Waals surface area (Å²) in [7, 11) is -0.407. The van der Waals surface area contributed by atoms with Crippen molar-refractivity contribution in [3.05, 3.63) is 0 Å². The van der Waals surface area contributed by atoms with Crippen LogP contribution in [0.5, 0.6) is 0 Å². The molecule has 0 radical (unpaired) electrons. The summed E-state index contributed by atoms with van der Waals surface area (Å²) in [5.41, 5.74) is 0. The van der Waals surface area contributed by atoms with Crippen molar-refractivity contribution >= 4 is 10.2 Å². The van der Waals surface area contributed by atoms with Crippen molar-refractivity contribution in [1.82, 2.24) is 13.5 Å². The van der Waals surface area contributed by atoms with Gasteiger partial charge in [-0.2, -0.15) is 30.2 Å². The lowest BCUT2D eigenvalue weighted by atomic mass is 10.3. The molecule has 1 heterocycles. The van der Waals surface area contributed by atoms with Gasteiger partial charge in [0.15, 0.2) is 0 Å². The zero-order valence-corrected chi connectivity index (χ0v) is 13.1. The molecule has 0 unspecified atom stereocenters. The highest BCUT2D eigenvalue weighted by Crippen LogP contribution is 2.14. The average Bonchev–Trinajstić information content (AvgIpc) is 2.37. The van der Waals surface area contributed by atoms with Crippen molar-refractivity contribution in [3.8, 4) is 0 Å². The van der Waals surface area contributed by atoms with E-state index in [9.17, 15) is 21.6 Å². The molecule has 0 saturated carbocycles. The molecular formula is C11H22F3N3O3S. The van der Waals surface area contributed by atoms with Gasteiger partial charge < -0.3 is 9.64 Å². The van der Waals surface area contributed by atoms with Crippen LogP contribution in [0.4, 0.5) is 13.2 Å². The molecule has 0 bridgehead atoms. The molecular weight excluding hydrogens is 311 g/mol. The Hall–Kier alpha value is -0.420. The molecule has 1 rings (SSSR count). The minimum absolute atomic E-state index is 0.0513. The van der Waals surface area contributed by atoms with E-state index in [0.29, 0.717) is 39.1 Å². The molecule has 0 atom stereocenters. The Bertz CT molecular complexity index is 407. The Morgan fingerprint density at radius 3 is 2.19 bits per heavy atom. The maximum Gasteiger partial charge on any atom is 0.411 e. The average molecular weight is 333 g/mol. The van der Waals surface area contributed by atoms with Crippen LogP contribution in [-0.4, -0.2) is 88.1 Å². The molecule has 0 aromatic heterocycles. The summed E-state index contributed by atoms with van der Waals surface area (Å²) in [5.74, 6) is 0. The first-order valence-corrected chi connectivity index (χ1v) is 8.07. The summed E-state index contributed by atoms with van der Waals surface area (Å²) in [4.78, 5) is 2.03. The van der Waals surface area contributed by atoms with E-state index in [2.05, 4.69) is 4.74 Å². The van der Waals surface area contributed by atoms with Gasteiger partial charge in [-0.25, -0.2) is 0 Å². The van der Waals surface area contributed by atoms with E-state index in [0.717, 1.165) is 0 Å². The number of alkyl halides is 3. The van der Waals surface area contributed by atoms with Gasteiger partial charge in [-0.3, -0.25) is 0 Å². The third-order valence-electron chi connectivity index (χ3n) is 3.15. The van der Waals surface area contributed by atoms with Crippen molar-refractivity contribution in [3.63, 3.8) is 0 Å². The Balaban J connectivity index is 2.20. The molecule has 1 saturated heterocycles. The summed E-state index contributed by atoms with van der Waals surface area (Å²) in [6.45, 7) is 1.37. The second-order valence-electron chi connectivity index (χ2n) is 5.05. The van der Waals surface area contributed by atoms with Crippen LogP contribution in [0.25, 0.3) is 0 Å². The fourth-order valence-electron chi connectivity index (χ4n) is 1.99. The molecule has 1 aliphatic heterocycles. The molecule has 1 fully saturated rings. The molecule has 0 amide bonds. The molecule has 0 N–H and O–H groups in total. The number of hydrogen-bond donors (Lipinski definition) is 0. The van der Waals surface area contributed by atoms with Crippen molar-refractivity contribution in [2.24, 2.45) is 0 Å². The monoisotopic (exact) mass is 333 g/mol. The molecule has 6 nitrogen and oxygen atoms in total. The number of nitrogens with zero attached hydrogens (tertiary/aromatic N) is 3. The SMILES string of the molecule is CN(C)S(=O)(=O)N1CCN(CCCOCC(F)(F)F)CC1. The lowest BCUT2D eigenvalue weighted by Crippen LogP contribution is -2.51. The van der Waals surface area contributed by atoms with Crippen molar-refractivity contribution in [2.75, 3.05) is 60.0 Å². The summed E-state index contributed by atoms with van der Waals surface area (Å²) in [6, 6.07) is 0. The van der Waals surface area contributed by atoms with Gasteiger partial charge in [0.05, 0.1) is 0 Å². The van der Waals surface area contributed by atoms with E-state index in [1.165, 1.54) is 22.7 Å². The zero-order chi connectivity index (χ0) is 16.1. The zero-order valence-electron chi connectivity index (χ0n) is 12.3. The highest BCUT2D eigenvalue weighted by molar-refractivity contribution is 7.86. The van der Waals surface area contributed by atoms with Crippen LogP contribution in [0.3, 0.4) is 0 Å². The topological polar surface area (TPSA) is 53.1 Å². The molecule has 1 aliphatic rings. The Labute approximate surface area is 123 Å². The van der Waals surface area contributed by atoms with E-state index in [-0.39, 0.29) is 6.61 Å². The lowest BCUT2D eigenvalue weighted by molar-refractivity contribution is -0.174. The first kappa shape index (κ1) is 18.6. The molecule has 0 aromatic rings. The van der Waals surface area contributed by atoms with Gasteiger partial charge in [0.1, 0.15) is 6.61 Å². The van der Waals surface area contributed by atoms with Crippen LogP contribution < -0.4 is 0 Å². The fraction of sp³-hybridized carbons (Fsp3) is 1.00. The van der Waals surface area contributed by atoms with Crippen LogP contribution >= 0.6 is 0 Å². The minimum atomic E-state index is -4.29. The number of rotatable bonds is 7. The standard InChI is InChI=1S/C11H22F3N3O3S/c1-15(2)21(18,19)17-7-5-16(6-8-17)4-3-9-20-10-11(12,13)14/h3-10H2,1-2H3. The second-order valence-corrected chi connectivity index (χ2v) is 7.19. The fourth-order valence-corrected chi connectivity index (χ4v) is 3.08. The number of hydrogen-bond acceptors (Lipinski definition) is 4. The number of piperazine rings is 1. The van der Waals surface area contributed by atoms with Gasteiger partial charge in [0.2, 0.25) is 0 Å². The second kappa shape index (κ2) is 7.73. The third-order valence-corrected chi connectivity index (χ3v) is 5.09. The Morgan fingerprint density at radius 1 is 1.14 bits per heavy atom. The van der Waals surface area contributed by atoms with E-state index in [4.69, 9.17) is 0 Å². The number of halogens is 3. The highest BCUT2D eigenvalue weighted by Gasteiger charge is 2.29. The normalized spacial score (nSPS) is 19.3. The molecule has 21 heavy (non-hydrogen) atoms. The van der Waals surface area contributed by atoms with E-state index < -0.39 is 23.0 Å². The Morgan fingerprint density at radius 2 is 1.71 bits per heavy atom. The van der Waals surface area contributed by atoms with Crippen LogP contribution in [0, 0.1) is 0 Å². The van der Waals surface area contributed by atoms with Crippen LogP contribution in [0.1, 0.15) is 6.42 Å². The van der Waals surface area contributed by atoms with Gasteiger partial charge in [0, 0.05) is 53.4 Å². The highest BCUT2D eigenvalue weighted by atomic mass is 32.2. The predicted octanol–water partition coefficient (Wildman–Crippen LogP) is 0.379. The summed E-state index contributed by atoms with van der Waals surface area (Å²) >= 11 is 0. The first-order chi connectivity index (χ1) is 9.63. The maximum absolute atomic E-state index is 11.9. The predicted molar refractivity (Wildman–Crippen MR) is 72.1 cm³/mol. The summed E-state index contributed by atoms with van der Waals surface area (Å²) in [5, 5.41) is 0. The number of ether oxygens (including phenoxy) is 1. The van der Waals surface area contributed by atoms with Crippen LogP contribution in [-0.2, 0) is 14.9 Å². The smallest absolute Gasteiger partial charge is 0.372 e. The Kier molecular flexibility index (Phi) is 6.85. The largest absolute Gasteiger partial charge is 0.411 e. The van der Waals surface area contributed by atoms with Gasteiger partial charge in [-0.1, -0.05) is 0 Å². The molecule has 0 spiro atoms. The van der Waals surface area contributed by atoms with Gasteiger partial charge in [-0.15, -0.1) is 0 Å². The first-order valence-electron chi connectivity index (χ1n) is 6.67. The summed E-state index contributed by atoms with van der Waals surface area (Å²) in [6.07, 6.45) is -3.79. The van der Waals surface area contributed by atoms with Gasteiger partial charge in [0.25, 0.3) is 10.2 Å². The molecule has 0 aliphatic carbocycles. The van der Waals surface area contributed by atoms with E-state index in [1.54, 1.807) is 0 Å². The molecule has 126 valence electrons. The maximum atomic E-state index is 11.9. The van der Waals surface area contributed by atoms with Gasteiger partial charge in [-0.05, 0) is 6.42 Å². The quantitative estimate of drug-likeness (QED) is 0.632. The van der Waals surface area contributed by atoms with E-state index >= 15 is 0 Å². The summed E-state index contributed by atoms with van der Waals surface area (Å²) < 4.78 is 66.5. The molecule has 0 aromatic carbocycles. The van der Waals surface area contributed by atoms with Crippen LogP contribution in [0.2, 0.25) is 0 Å². The van der Waals surface area contributed by atoms with E-state index in [1.807, 2.05) is 4.90 Å².